The first-order valence-corrected chi connectivity index (χ1v) is 5.09. The lowest BCUT2D eigenvalue weighted by molar-refractivity contribution is 0.0244. The Morgan fingerprint density at radius 3 is 2.76 bits per heavy atom. The van der Waals surface area contributed by atoms with Crippen LogP contribution in [0.2, 0.25) is 5.02 Å². The molecule has 2 atom stereocenters. The van der Waals surface area contributed by atoms with Gasteiger partial charge < -0.3 is 10.2 Å². The molecule has 0 aromatic heterocycles. The number of hydrogen-bond donors (Lipinski definition) is 2. The van der Waals surface area contributed by atoms with Crippen LogP contribution in [0.25, 0.3) is 10.4 Å². The number of azide groups is 1. The van der Waals surface area contributed by atoms with Gasteiger partial charge in [0.15, 0.2) is 6.29 Å². The predicted molar refractivity (Wildman–Crippen MR) is 61.8 cm³/mol. The number of nitrogens with zero attached hydrogens (tertiary/aromatic N) is 3. The molecule has 0 fully saturated rings. The Morgan fingerprint density at radius 1 is 1.53 bits per heavy atom. The van der Waals surface area contributed by atoms with Crippen molar-refractivity contribution in [3.63, 3.8) is 0 Å². The average Bonchev–Trinajstić information content (AvgIpc) is 2.34. The topological polar surface area (TPSA) is 106 Å². The van der Waals surface area contributed by atoms with Crippen LogP contribution in [0.1, 0.15) is 22.0 Å². The number of aldehydes is 1. The van der Waals surface area contributed by atoms with Gasteiger partial charge in [0.05, 0.1) is 17.7 Å². The Morgan fingerprint density at radius 2 is 2.24 bits per heavy atom. The molecule has 6 nitrogen and oxygen atoms in total. The van der Waals surface area contributed by atoms with Gasteiger partial charge in [-0.05, 0) is 23.2 Å². The van der Waals surface area contributed by atoms with Crippen LogP contribution < -0.4 is 0 Å². The van der Waals surface area contributed by atoms with Crippen molar-refractivity contribution in [1.29, 1.82) is 0 Å². The Kier molecular flexibility index (Phi) is 4.93. The predicted octanol–water partition coefficient (Wildman–Crippen LogP) is 1.86. The maximum atomic E-state index is 10.5. The van der Waals surface area contributed by atoms with Gasteiger partial charge in [0.25, 0.3) is 0 Å². The monoisotopic (exact) mass is 255 g/mol. The molecule has 0 spiro atoms. The molecule has 0 bridgehead atoms. The molecule has 0 saturated carbocycles. The highest BCUT2D eigenvalue weighted by molar-refractivity contribution is 6.33. The molecule has 1 aromatic carbocycles. The molecule has 1 rings (SSSR count). The van der Waals surface area contributed by atoms with Gasteiger partial charge in [-0.3, -0.25) is 4.79 Å². The zero-order valence-corrected chi connectivity index (χ0v) is 9.45. The summed E-state index contributed by atoms with van der Waals surface area (Å²) in [5, 5.41) is 22.6. The van der Waals surface area contributed by atoms with Crippen molar-refractivity contribution < 1.29 is 15.0 Å². The third-order valence-corrected chi connectivity index (χ3v) is 2.52. The van der Waals surface area contributed by atoms with Crippen molar-refractivity contribution in [3.05, 3.63) is 44.8 Å². The minimum atomic E-state index is -1.22. The second-order valence-electron chi connectivity index (χ2n) is 3.32. The molecule has 2 unspecified atom stereocenters. The van der Waals surface area contributed by atoms with E-state index in [1.54, 1.807) is 0 Å². The maximum Gasteiger partial charge on any atom is 0.151 e. The van der Waals surface area contributed by atoms with Crippen molar-refractivity contribution in [1.82, 2.24) is 0 Å². The van der Waals surface area contributed by atoms with Crippen LogP contribution in [0.15, 0.2) is 23.3 Å². The number of aliphatic hydroxyl groups is 2. The van der Waals surface area contributed by atoms with Crippen molar-refractivity contribution in [2.45, 2.75) is 12.2 Å². The van der Waals surface area contributed by atoms with E-state index in [1.165, 1.54) is 18.2 Å². The van der Waals surface area contributed by atoms with Gasteiger partial charge in [0.1, 0.15) is 6.10 Å². The van der Waals surface area contributed by atoms with Gasteiger partial charge in [-0.15, -0.1) is 0 Å². The minimum Gasteiger partial charge on any atom is -0.390 e. The summed E-state index contributed by atoms with van der Waals surface area (Å²) in [4.78, 5) is 13.0. The van der Waals surface area contributed by atoms with Crippen LogP contribution in [-0.2, 0) is 0 Å². The highest BCUT2D eigenvalue weighted by Crippen LogP contribution is 2.23. The largest absolute Gasteiger partial charge is 0.390 e. The third-order valence-electron chi connectivity index (χ3n) is 2.19. The summed E-state index contributed by atoms with van der Waals surface area (Å²) in [5.41, 5.74) is 8.73. The summed E-state index contributed by atoms with van der Waals surface area (Å²) in [7, 11) is 0. The maximum absolute atomic E-state index is 10.5. The summed E-state index contributed by atoms with van der Waals surface area (Å²) in [6.07, 6.45) is -1.85. The average molecular weight is 256 g/mol. The Hall–Kier alpha value is -1.59. The molecule has 90 valence electrons. The van der Waals surface area contributed by atoms with E-state index in [4.69, 9.17) is 17.1 Å². The molecular weight excluding hydrogens is 246 g/mol. The quantitative estimate of drug-likeness (QED) is 0.363. The summed E-state index contributed by atoms with van der Waals surface area (Å²) in [6.45, 7) is -0.245. The van der Waals surface area contributed by atoms with Crippen LogP contribution in [0.3, 0.4) is 0 Å². The lowest BCUT2D eigenvalue weighted by Crippen LogP contribution is -2.21. The molecule has 0 saturated heterocycles. The summed E-state index contributed by atoms with van der Waals surface area (Å²) >= 11 is 5.78. The van der Waals surface area contributed by atoms with E-state index in [-0.39, 0.29) is 11.6 Å². The van der Waals surface area contributed by atoms with E-state index in [0.29, 0.717) is 17.4 Å². The summed E-state index contributed by atoms with van der Waals surface area (Å²) < 4.78 is 0. The zero-order chi connectivity index (χ0) is 12.8. The zero-order valence-electron chi connectivity index (χ0n) is 8.69. The fourth-order valence-electron chi connectivity index (χ4n) is 1.27. The van der Waals surface area contributed by atoms with Crippen molar-refractivity contribution in [2.75, 3.05) is 6.54 Å². The van der Waals surface area contributed by atoms with Gasteiger partial charge in [-0.2, -0.15) is 0 Å². The second-order valence-corrected chi connectivity index (χ2v) is 3.73. The number of carbonyl (C=O) groups excluding carboxylic acids is 1. The molecule has 1 aromatic rings. The number of hydrogen-bond acceptors (Lipinski definition) is 4. The normalized spacial score (nSPS) is 13.6. The lowest BCUT2D eigenvalue weighted by Gasteiger charge is -2.16. The van der Waals surface area contributed by atoms with E-state index in [2.05, 4.69) is 10.0 Å². The molecule has 0 heterocycles. The van der Waals surface area contributed by atoms with Crippen LogP contribution in [0, 0.1) is 0 Å². The van der Waals surface area contributed by atoms with Crippen LogP contribution in [0.5, 0.6) is 0 Å². The number of halogens is 1. The van der Waals surface area contributed by atoms with Crippen molar-refractivity contribution in [3.8, 4) is 0 Å². The molecule has 2 N–H and O–H groups in total. The van der Waals surface area contributed by atoms with Gasteiger partial charge in [0, 0.05) is 10.5 Å². The van der Waals surface area contributed by atoms with Crippen LogP contribution in [-0.4, -0.2) is 29.1 Å². The molecule has 0 aliphatic heterocycles. The highest BCUT2D eigenvalue weighted by Gasteiger charge is 2.18. The molecular formula is C10H10ClN3O3. The lowest BCUT2D eigenvalue weighted by atomic mass is 10.0. The molecule has 17 heavy (non-hydrogen) atoms. The second kappa shape index (κ2) is 6.22. The SMILES string of the molecule is [N-]=[N+]=NCC(O)C(O)c1ccc(C=O)c(Cl)c1. The number of rotatable bonds is 5. The Bertz CT molecular complexity index is 460. The minimum absolute atomic E-state index is 0.188. The van der Waals surface area contributed by atoms with Crippen LogP contribution in [0.4, 0.5) is 0 Å². The van der Waals surface area contributed by atoms with Gasteiger partial charge >= 0.3 is 0 Å². The number of aliphatic hydroxyl groups excluding tert-OH is 2. The van der Waals surface area contributed by atoms with Crippen LogP contribution >= 0.6 is 11.6 Å². The fraction of sp³-hybridized carbons (Fsp3) is 0.300. The summed E-state index contributed by atoms with van der Waals surface area (Å²) in [5.74, 6) is 0. The van der Waals surface area contributed by atoms with Crippen molar-refractivity contribution in [2.24, 2.45) is 5.11 Å². The van der Waals surface area contributed by atoms with Gasteiger partial charge in [0.2, 0.25) is 0 Å². The van der Waals surface area contributed by atoms with E-state index >= 15 is 0 Å². The first kappa shape index (κ1) is 13.5. The van der Waals surface area contributed by atoms with Gasteiger partial charge in [-0.25, -0.2) is 0 Å². The highest BCUT2D eigenvalue weighted by atomic mass is 35.5. The standard InChI is InChI=1S/C10H10ClN3O3/c11-8-3-6(1-2-7(8)5-15)10(17)9(16)4-13-14-12/h1-3,5,9-10,16-17H,4H2. The molecule has 0 amide bonds. The smallest absolute Gasteiger partial charge is 0.151 e. The molecule has 0 aliphatic rings. The third kappa shape index (κ3) is 3.44. The first-order chi connectivity index (χ1) is 8.10. The number of carbonyl (C=O) groups is 1. The number of benzene rings is 1. The molecule has 0 aliphatic carbocycles. The first-order valence-electron chi connectivity index (χ1n) is 4.71. The molecule has 7 heteroatoms. The van der Waals surface area contributed by atoms with Gasteiger partial charge in [-0.1, -0.05) is 22.8 Å². The van der Waals surface area contributed by atoms with E-state index in [9.17, 15) is 15.0 Å². The van der Waals surface area contributed by atoms with Crippen molar-refractivity contribution >= 4 is 17.9 Å². The fourth-order valence-corrected chi connectivity index (χ4v) is 1.50. The Labute approximate surface area is 102 Å². The van der Waals surface area contributed by atoms with E-state index in [0.717, 1.165) is 0 Å². The van der Waals surface area contributed by atoms with E-state index in [1.807, 2.05) is 0 Å². The molecule has 0 radical (unpaired) electrons. The Balaban J connectivity index is 2.88. The summed E-state index contributed by atoms with van der Waals surface area (Å²) in [6, 6.07) is 4.29. The van der Waals surface area contributed by atoms with E-state index < -0.39 is 12.2 Å².